The van der Waals surface area contributed by atoms with Crippen molar-refractivity contribution in [2.45, 2.75) is 24.9 Å². The molecule has 3 heteroatoms. The first-order valence-electron chi connectivity index (χ1n) is 5.31. The van der Waals surface area contributed by atoms with Crippen LogP contribution < -0.4 is 16.3 Å². The first-order valence-corrected chi connectivity index (χ1v) is 5.31. The highest BCUT2D eigenvalue weighted by atomic mass is 16.2. The number of benzene rings is 1. The first-order chi connectivity index (χ1) is 7.23. The van der Waals surface area contributed by atoms with Gasteiger partial charge in [0.15, 0.2) is 0 Å². The van der Waals surface area contributed by atoms with Crippen LogP contribution in [0.4, 0.5) is 0 Å². The molecule has 0 aromatic heterocycles. The molecule has 1 aromatic carbocycles. The van der Waals surface area contributed by atoms with Crippen LogP contribution in [0.15, 0.2) is 29.3 Å². The topological polar surface area (TPSA) is 58.6 Å². The van der Waals surface area contributed by atoms with Gasteiger partial charge in [0.1, 0.15) is 5.66 Å². The van der Waals surface area contributed by atoms with Crippen molar-refractivity contribution in [3.8, 4) is 0 Å². The lowest BCUT2D eigenvalue weighted by Gasteiger charge is -2.17. The summed E-state index contributed by atoms with van der Waals surface area (Å²) in [5.41, 5.74) is 5.59. The van der Waals surface area contributed by atoms with Gasteiger partial charge in [0, 0.05) is 6.61 Å². The zero-order valence-electron chi connectivity index (χ0n) is 8.69. The molecule has 0 bridgehead atoms. The van der Waals surface area contributed by atoms with Crippen LogP contribution in [0.3, 0.4) is 0 Å². The SMILES string of the molecule is NC1(CCCCO)C=c2ccccc2=N1. The first kappa shape index (κ1) is 10.3. The highest BCUT2D eigenvalue weighted by molar-refractivity contribution is 5.39. The van der Waals surface area contributed by atoms with Gasteiger partial charge in [-0.25, -0.2) is 0 Å². The number of hydrogen-bond acceptors (Lipinski definition) is 3. The Balaban J connectivity index is 2.17. The maximum absolute atomic E-state index is 8.72. The third-order valence-corrected chi connectivity index (χ3v) is 2.66. The highest BCUT2D eigenvalue weighted by Gasteiger charge is 2.22. The standard InChI is InChI=1S/C12H16N2O/c13-12(7-3-4-8-15)9-10-5-1-2-6-11(10)14-12/h1-2,5-6,9,15H,3-4,7-8,13H2. The second-order valence-electron chi connectivity index (χ2n) is 3.99. The van der Waals surface area contributed by atoms with Gasteiger partial charge in [0.05, 0.1) is 5.36 Å². The zero-order valence-corrected chi connectivity index (χ0v) is 8.69. The Labute approximate surface area is 89.0 Å². The number of rotatable bonds is 4. The Bertz CT molecular complexity index is 418. The van der Waals surface area contributed by atoms with E-state index in [0.717, 1.165) is 29.8 Å². The fourth-order valence-electron chi connectivity index (χ4n) is 1.89. The molecule has 0 radical (unpaired) electrons. The monoisotopic (exact) mass is 204 g/mol. The fourth-order valence-corrected chi connectivity index (χ4v) is 1.89. The number of para-hydroxylation sites is 1. The lowest BCUT2D eigenvalue weighted by Crippen LogP contribution is -2.34. The van der Waals surface area contributed by atoms with Crippen LogP contribution in [0.1, 0.15) is 19.3 Å². The molecule has 1 heterocycles. The van der Waals surface area contributed by atoms with Gasteiger partial charge in [-0.1, -0.05) is 18.2 Å². The van der Waals surface area contributed by atoms with Gasteiger partial charge in [0.2, 0.25) is 0 Å². The third-order valence-electron chi connectivity index (χ3n) is 2.66. The molecular weight excluding hydrogens is 188 g/mol. The minimum Gasteiger partial charge on any atom is -0.396 e. The molecule has 0 saturated heterocycles. The molecule has 3 nitrogen and oxygen atoms in total. The van der Waals surface area contributed by atoms with Crippen molar-refractivity contribution in [2.24, 2.45) is 10.7 Å². The van der Waals surface area contributed by atoms with E-state index in [4.69, 9.17) is 10.8 Å². The Kier molecular flexibility index (Phi) is 2.84. The number of nitrogens with zero attached hydrogens (tertiary/aromatic N) is 1. The van der Waals surface area contributed by atoms with Gasteiger partial charge in [-0.2, -0.15) is 0 Å². The summed E-state index contributed by atoms with van der Waals surface area (Å²) in [6.07, 6.45) is 4.50. The summed E-state index contributed by atoms with van der Waals surface area (Å²) in [6.45, 7) is 0.225. The molecule has 2 rings (SSSR count). The molecule has 0 fully saturated rings. The molecule has 15 heavy (non-hydrogen) atoms. The molecule has 1 atom stereocenters. The lowest BCUT2D eigenvalue weighted by atomic mass is 10.0. The number of aliphatic hydroxyl groups is 1. The van der Waals surface area contributed by atoms with Crippen LogP contribution in [0.25, 0.3) is 6.08 Å². The van der Waals surface area contributed by atoms with Crippen molar-refractivity contribution in [3.05, 3.63) is 34.8 Å². The van der Waals surface area contributed by atoms with Gasteiger partial charge in [0.25, 0.3) is 0 Å². The lowest BCUT2D eigenvalue weighted by molar-refractivity contribution is 0.279. The van der Waals surface area contributed by atoms with Crippen LogP contribution in [-0.2, 0) is 0 Å². The third kappa shape index (κ3) is 2.25. The quantitative estimate of drug-likeness (QED) is 0.674. The van der Waals surface area contributed by atoms with E-state index in [2.05, 4.69) is 4.99 Å². The fraction of sp³-hybridized carbons (Fsp3) is 0.417. The van der Waals surface area contributed by atoms with Gasteiger partial charge in [-0.3, -0.25) is 4.99 Å². The largest absolute Gasteiger partial charge is 0.396 e. The van der Waals surface area contributed by atoms with Crippen molar-refractivity contribution in [1.29, 1.82) is 0 Å². The average Bonchev–Trinajstić information content (AvgIpc) is 2.54. The predicted molar refractivity (Wildman–Crippen MR) is 59.5 cm³/mol. The molecule has 3 N–H and O–H groups in total. The number of hydrogen-bond donors (Lipinski definition) is 2. The molecule has 0 saturated carbocycles. The van der Waals surface area contributed by atoms with E-state index in [-0.39, 0.29) is 6.61 Å². The molecule has 0 amide bonds. The van der Waals surface area contributed by atoms with E-state index in [9.17, 15) is 0 Å². The highest BCUT2D eigenvalue weighted by Crippen LogP contribution is 2.15. The molecule has 1 unspecified atom stereocenters. The summed E-state index contributed by atoms with van der Waals surface area (Å²) in [4.78, 5) is 4.50. The minimum atomic E-state index is -0.557. The summed E-state index contributed by atoms with van der Waals surface area (Å²) in [7, 11) is 0. The van der Waals surface area contributed by atoms with Crippen LogP contribution in [-0.4, -0.2) is 17.4 Å². The van der Waals surface area contributed by atoms with Crippen molar-refractivity contribution in [2.75, 3.05) is 6.61 Å². The second kappa shape index (κ2) is 4.13. The number of fused-ring (bicyclic) bond motifs is 1. The van der Waals surface area contributed by atoms with E-state index >= 15 is 0 Å². The van der Waals surface area contributed by atoms with Crippen LogP contribution in [0, 0.1) is 0 Å². The maximum Gasteiger partial charge on any atom is 0.128 e. The van der Waals surface area contributed by atoms with Gasteiger partial charge in [-0.05, 0) is 36.6 Å². The molecule has 0 spiro atoms. The summed E-state index contributed by atoms with van der Waals surface area (Å²) in [5.74, 6) is 0. The van der Waals surface area contributed by atoms with Crippen molar-refractivity contribution in [1.82, 2.24) is 0 Å². The normalized spacial score (nSPS) is 23.1. The van der Waals surface area contributed by atoms with Crippen molar-refractivity contribution in [3.63, 3.8) is 0 Å². The molecule has 80 valence electrons. The van der Waals surface area contributed by atoms with E-state index < -0.39 is 5.66 Å². The van der Waals surface area contributed by atoms with E-state index in [1.54, 1.807) is 0 Å². The Hall–Kier alpha value is -1.19. The molecule has 1 aliphatic heterocycles. The van der Waals surface area contributed by atoms with Crippen LogP contribution >= 0.6 is 0 Å². The molecule has 1 aromatic rings. The Morgan fingerprint density at radius 2 is 2.07 bits per heavy atom. The Morgan fingerprint density at radius 3 is 2.80 bits per heavy atom. The van der Waals surface area contributed by atoms with E-state index in [1.165, 1.54) is 0 Å². The van der Waals surface area contributed by atoms with Gasteiger partial charge >= 0.3 is 0 Å². The smallest absolute Gasteiger partial charge is 0.128 e. The minimum absolute atomic E-state index is 0.225. The van der Waals surface area contributed by atoms with E-state index in [1.807, 2.05) is 30.3 Å². The van der Waals surface area contributed by atoms with Crippen LogP contribution in [0.5, 0.6) is 0 Å². The number of unbranched alkanes of at least 4 members (excludes halogenated alkanes) is 1. The number of aliphatic hydroxyl groups excluding tert-OH is 1. The average molecular weight is 204 g/mol. The van der Waals surface area contributed by atoms with E-state index in [0.29, 0.717) is 0 Å². The molecular formula is C12H16N2O. The van der Waals surface area contributed by atoms with Gasteiger partial charge < -0.3 is 10.8 Å². The zero-order chi connectivity index (χ0) is 10.7. The summed E-state index contributed by atoms with van der Waals surface area (Å²) in [6, 6.07) is 7.96. The van der Waals surface area contributed by atoms with Crippen LogP contribution in [0.2, 0.25) is 0 Å². The molecule has 0 aliphatic carbocycles. The summed E-state index contributed by atoms with van der Waals surface area (Å²) >= 11 is 0. The molecule has 1 aliphatic rings. The maximum atomic E-state index is 8.72. The van der Waals surface area contributed by atoms with Crippen molar-refractivity contribution < 1.29 is 5.11 Å². The number of nitrogens with two attached hydrogens (primary N) is 1. The van der Waals surface area contributed by atoms with Crippen molar-refractivity contribution >= 4 is 6.08 Å². The second-order valence-corrected chi connectivity index (χ2v) is 3.99. The summed E-state index contributed by atoms with van der Waals surface area (Å²) < 4.78 is 0. The van der Waals surface area contributed by atoms with Gasteiger partial charge in [-0.15, -0.1) is 0 Å². The summed E-state index contributed by atoms with van der Waals surface area (Å²) in [5, 5.41) is 10.8. The Morgan fingerprint density at radius 1 is 1.27 bits per heavy atom. The predicted octanol–water partition coefficient (Wildman–Crippen LogP) is -0.0821.